The summed E-state index contributed by atoms with van der Waals surface area (Å²) in [5.41, 5.74) is 2.61. The number of nitriles is 1. The van der Waals surface area contributed by atoms with Gasteiger partial charge in [-0.25, -0.2) is 4.39 Å². The van der Waals surface area contributed by atoms with Crippen molar-refractivity contribution >= 4 is 23.4 Å². The van der Waals surface area contributed by atoms with E-state index in [2.05, 4.69) is 5.32 Å². The maximum atomic E-state index is 14.4. The summed E-state index contributed by atoms with van der Waals surface area (Å²) >= 11 is 0. The van der Waals surface area contributed by atoms with Gasteiger partial charge in [0.25, 0.3) is 5.91 Å². The van der Waals surface area contributed by atoms with Crippen molar-refractivity contribution < 1.29 is 9.18 Å². The molecule has 26 heavy (non-hydrogen) atoms. The molecule has 1 amide bonds. The number of carbonyl (C=O) groups is 1. The molecule has 5 heteroatoms. The molecule has 0 atom stereocenters. The number of hydrogen-bond donors (Lipinski definition) is 1. The molecule has 0 bridgehead atoms. The van der Waals surface area contributed by atoms with Gasteiger partial charge in [0, 0.05) is 18.8 Å². The molecule has 1 N–H and O–H groups in total. The highest BCUT2D eigenvalue weighted by Gasteiger charge is 2.16. The topological polar surface area (TPSA) is 56.1 Å². The number of carbonyl (C=O) groups excluding carboxylic acids is 1. The van der Waals surface area contributed by atoms with Crippen molar-refractivity contribution in [1.29, 1.82) is 5.26 Å². The van der Waals surface area contributed by atoms with Gasteiger partial charge in [0.15, 0.2) is 0 Å². The predicted molar refractivity (Wildman–Crippen MR) is 101 cm³/mol. The average Bonchev–Trinajstić information content (AvgIpc) is 3.14. The quantitative estimate of drug-likeness (QED) is 0.662. The molecule has 132 valence electrons. The third-order valence-corrected chi connectivity index (χ3v) is 4.37. The second-order valence-electron chi connectivity index (χ2n) is 6.40. The van der Waals surface area contributed by atoms with Gasteiger partial charge in [0.2, 0.25) is 0 Å². The highest BCUT2D eigenvalue weighted by atomic mass is 19.1. The van der Waals surface area contributed by atoms with Gasteiger partial charge in [-0.15, -0.1) is 0 Å². The molecule has 0 aliphatic carbocycles. The molecule has 0 saturated carbocycles. The van der Waals surface area contributed by atoms with E-state index < -0.39 is 5.91 Å². The molecular weight excluding hydrogens is 329 g/mol. The molecule has 1 aliphatic heterocycles. The summed E-state index contributed by atoms with van der Waals surface area (Å²) in [4.78, 5) is 14.3. The number of anilines is 2. The lowest BCUT2D eigenvalue weighted by molar-refractivity contribution is -0.112. The lowest BCUT2D eigenvalue weighted by atomic mass is 10.1. The molecule has 0 spiro atoms. The van der Waals surface area contributed by atoms with Crippen molar-refractivity contribution in [3.05, 3.63) is 65.0 Å². The van der Waals surface area contributed by atoms with Crippen molar-refractivity contribution in [3.8, 4) is 6.07 Å². The van der Waals surface area contributed by atoms with Crippen LogP contribution in [0.3, 0.4) is 0 Å². The number of aryl methyl sites for hydroxylation is 1. The zero-order valence-corrected chi connectivity index (χ0v) is 14.6. The van der Waals surface area contributed by atoms with E-state index in [4.69, 9.17) is 0 Å². The fraction of sp³-hybridized carbons (Fsp3) is 0.238. The molecule has 1 saturated heterocycles. The Hall–Kier alpha value is -3.13. The number of nitrogens with one attached hydrogen (secondary N) is 1. The lowest BCUT2D eigenvalue weighted by Crippen LogP contribution is -2.18. The van der Waals surface area contributed by atoms with Gasteiger partial charge in [-0.2, -0.15) is 5.26 Å². The Labute approximate surface area is 152 Å². The third kappa shape index (κ3) is 4.09. The Bertz CT molecular complexity index is 892. The van der Waals surface area contributed by atoms with Crippen LogP contribution in [0.5, 0.6) is 0 Å². The fourth-order valence-corrected chi connectivity index (χ4v) is 3.06. The van der Waals surface area contributed by atoms with Crippen LogP contribution in [-0.4, -0.2) is 19.0 Å². The average molecular weight is 349 g/mol. The number of amides is 1. The smallest absolute Gasteiger partial charge is 0.266 e. The highest BCUT2D eigenvalue weighted by Crippen LogP contribution is 2.25. The Morgan fingerprint density at radius 2 is 2.00 bits per heavy atom. The Morgan fingerprint density at radius 3 is 2.65 bits per heavy atom. The zero-order valence-electron chi connectivity index (χ0n) is 14.6. The van der Waals surface area contributed by atoms with Crippen molar-refractivity contribution in [3.63, 3.8) is 0 Å². The van der Waals surface area contributed by atoms with Crippen molar-refractivity contribution in [2.75, 3.05) is 23.3 Å². The molecule has 0 radical (unpaired) electrons. The first kappa shape index (κ1) is 17.7. The molecule has 1 fully saturated rings. The summed E-state index contributed by atoms with van der Waals surface area (Å²) in [7, 11) is 0. The Kier molecular flexibility index (Phi) is 5.33. The van der Waals surface area contributed by atoms with E-state index in [-0.39, 0.29) is 11.4 Å². The van der Waals surface area contributed by atoms with Crippen LogP contribution < -0.4 is 10.2 Å². The zero-order chi connectivity index (χ0) is 18.5. The van der Waals surface area contributed by atoms with E-state index in [0.717, 1.165) is 31.5 Å². The lowest BCUT2D eigenvalue weighted by Gasteiger charge is -2.18. The first-order valence-corrected chi connectivity index (χ1v) is 8.61. The van der Waals surface area contributed by atoms with Crippen molar-refractivity contribution in [1.82, 2.24) is 0 Å². The summed E-state index contributed by atoms with van der Waals surface area (Å²) in [6.07, 6.45) is 3.54. The largest absolute Gasteiger partial charge is 0.369 e. The Balaban J connectivity index is 1.79. The second kappa shape index (κ2) is 7.83. The minimum absolute atomic E-state index is 0.0696. The third-order valence-electron chi connectivity index (χ3n) is 4.37. The van der Waals surface area contributed by atoms with Crippen LogP contribution in [-0.2, 0) is 4.79 Å². The maximum absolute atomic E-state index is 14.4. The highest BCUT2D eigenvalue weighted by molar-refractivity contribution is 6.09. The molecule has 1 aliphatic rings. The maximum Gasteiger partial charge on any atom is 0.266 e. The molecule has 1 heterocycles. The van der Waals surface area contributed by atoms with Gasteiger partial charge >= 0.3 is 0 Å². The van der Waals surface area contributed by atoms with Gasteiger partial charge in [-0.3, -0.25) is 4.79 Å². The number of rotatable bonds is 4. The summed E-state index contributed by atoms with van der Waals surface area (Å²) < 4.78 is 14.4. The molecule has 0 unspecified atom stereocenters. The SMILES string of the molecule is Cc1cccc(NC(=O)/C(C#N)=C\c2ccc(N3CCCC3)c(F)c2)c1. The van der Waals surface area contributed by atoms with Gasteiger partial charge < -0.3 is 10.2 Å². The summed E-state index contributed by atoms with van der Waals surface area (Å²) in [6, 6.07) is 14.0. The summed E-state index contributed by atoms with van der Waals surface area (Å²) in [6.45, 7) is 3.63. The van der Waals surface area contributed by atoms with Crippen LogP contribution in [0.4, 0.5) is 15.8 Å². The van der Waals surface area contributed by atoms with E-state index in [1.165, 1.54) is 12.1 Å². The Morgan fingerprint density at radius 1 is 1.23 bits per heavy atom. The van der Waals surface area contributed by atoms with E-state index in [9.17, 15) is 14.4 Å². The van der Waals surface area contributed by atoms with E-state index in [0.29, 0.717) is 16.9 Å². The minimum atomic E-state index is -0.512. The molecule has 0 aromatic heterocycles. The summed E-state index contributed by atoms with van der Waals surface area (Å²) in [5.74, 6) is -0.848. The van der Waals surface area contributed by atoms with Crippen molar-refractivity contribution in [2.24, 2.45) is 0 Å². The van der Waals surface area contributed by atoms with E-state index in [1.807, 2.05) is 36.1 Å². The monoisotopic (exact) mass is 349 g/mol. The minimum Gasteiger partial charge on any atom is -0.369 e. The van der Waals surface area contributed by atoms with Crippen LogP contribution in [0, 0.1) is 24.1 Å². The van der Waals surface area contributed by atoms with E-state index in [1.54, 1.807) is 18.2 Å². The van der Waals surface area contributed by atoms with Crippen molar-refractivity contribution in [2.45, 2.75) is 19.8 Å². The van der Waals surface area contributed by atoms with Gasteiger partial charge in [0.1, 0.15) is 17.5 Å². The predicted octanol–water partition coefficient (Wildman–Crippen LogP) is 4.28. The number of halogens is 1. The number of hydrogen-bond acceptors (Lipinski definition) is 3. The summed E-state index contributed by atoms with van der Waals surface area (Å²) in [5, 5.41) is 12.0. The standard InChI is InChI=1S/C21H20FN3O/c1-15-5-4-6-18(11-15)24-21(26)17(14-23)12-16-7-8-20(19(22)13-16)25-9-2-3-10-25/h4-8,11-13H,2-3,9-10H2,1H3,(H,24,26)/b17-12-. The van der Waals surface area contributed by atoms with Crippen LogP contribution in [0.15, 0.2) is 48.0 Å². The first-order chi connectivity index (χ1) is 12.6. The molecule has 3 rings (SSSR count). The van der Waals surface area contributed by atoms with Gasteiger partial charge in [-0.05, 0) is 61.2 Å². The molecule has 2 aromatic rings. The van der Waals surface area contributed by atoms with Crippen LogP contribution in [0.2, 0.25) is 0 Å². The molecular formula is C21H20FN3O. The molecule has 4 nitrogen and oxygen atoms in total. The van der Waals surface area contributed by atoms with Gasteiger partial charge in [0.05, 0.1) is 5.69 Å². The molecule has 2 aromatic carbocycles. The second-order valence-corrected chi connectivity index (χ2v) is 6.40. The van der Waals surface area contributed by atoms with Crippen LogP contribution in [0.25, 0.3) is 6.08 Å². The fourth-order valence-electron chi connectivity index (χ4n) is 3.06. The normalized spacial score (nSPS) is 14.2. The first-order valence-electron chi connectivity index (χ1n) is 8.61. The van der Waals surface area contributed by atoms with Crippen LogP contribution >= 0.6 is 0 Å². The number of nitrogens with zero attached hydrogens (tertiary/aromatic N) is 2. The van der Waals surface area contributed by atoms with Crippen LogP contribution in [0.1, 0.15) is 24.0 Å². The van der Waals surface area contributed by atoms with E-state index >= 15 is 0 Å². The van der Waals surface area contributed by atoms with Gasteiger partial charge in [-0.1, -0.05) is 18.2 Å². The number of benzene rings is 2.